The molecule has 0 aliphatic carbocycles. The van der Waals surface area contributed by atoms with Gasteiger partial charge in [-0.25, -0.2) is 0 Å². The van der Waals surface area contributed by atoms with Crippen molar-refractivity contribution in [2.45, 2.75) is 19.9 Å². The van der Waals surface area contributed by atoms with Gasteiger partial charge in [-0.15, -0.1) is 0 Å². The van der Waals surface area contributed by atoms with E-state index >= 15 is 0 Å². The van der Waals surface area contributed by atoms with Gasteiger partial charge in [-0.3, -0.25) is 0 Å². The molecule has 1 aromatic carbocycles. The molecule has 0 fully saturated rings. The molecule has 0 aliphatic rings. The Morgan fingerprint density at radius 1 is 1.44 bits per heavy atom. The summed E-state index contributed by atoms with van der Waals surface area (Å²) in [5, 5.41) is 0.680. The molecule has 0 radical (unpaired) electrons. The Morgan fingerprint density at radius 3 is 2.83 bits per heavy atom. The molecule has 0 amide bonds. The summed E-state index contributed by atoms with van der Waals surface area (Å²) in [5.74, 6) is -0.209. The summed E-state index contributed by atoms with van der Waals surface area (Å²) in [6.45, 7) is 2.63. The zero-order chi connectivity index (χ0) is 13.3. The maximum absolute atomic E-state index is 10.7. The Hall–Kier alpha value is -0.391. The number of nitrogens with zero attached hydrogens (tertiary/aromatic N) is 1. The van der Waals surface area contributed by atoms with Crippen LogP contribution in [0.4, 0.5) is 0 Å². The van der Waals surface area contributed by atoms with Gasteiger partial charge in [0, 0.05) is 0 Å². The maximum atomic E-state index is 10.7. The van der Waals surface area contributed by atoms with Crippen LogP contribution in [-0.4, -0.2) is 33.2 Å². The molecule has 0 saturated heterocycles. The zero-order valence-corrected chi connectivity index (χ0v) is 13.0. The summed E-state index contributed by atoms with van der Waals surface area (Å²) in [4.78, 5) is 0. The van der Waals surface area contributed by atoms with Crippen LogP contribution in [0.2, 0.25) is 5.02 Å². The topological polar surface area (TPSA) is 58.2 Å². The third-order valence-electron chi connectivity index (χ3n) is 2.63. The molecule has 0 aliphatic heterocycles. The third kappa shape index (κ3) is 3.33. The van der Waals surface area contributed by atoms with Crippen molar-refractivity contribution in [1.29, 1.82) is 0 Å². The van der Waals surface area contributed by atoms with E-state index in [1.807, 2.05) is 25.1 Å². The summed E-state index contributed by atoms with van der Waals surface area (Å²) in [7, 11) is -3.88. The van der Waals surface area contributed by atoms with E-state index in [2.05, 4.69) is 4.57 Å². The number of fused-ring (bicyclic) bond motifs is 1. The molecule has 0 saturated carbocycles. The Balaban J connectivity index is 2.27. The van der Waals surface area contributed by atoms with Crippen LogP contribution in [0, 0.1) is 6.92 Å². The van der Waals surface area contributed by atoms with Crippen LogP contribution in [0.25, 0.3) is 9.78 Å². The fraction of sp³-hybridized carbons (Fsp3) is 0.364. The first-order valence-corrected chi connectivity index (χ1v) is 9.10. The van der Waals surface area contributed by atoms with Gasteiger partial charge in [0.05, 0.1) is 0 Å². The predicted molar refractivity (Wildman–Crippen MR) is 71.9 cm³/mol. The summed E-state index contributed by atoms with van der Waals surface area (Å²) in [5.41, 5.74) is 1.07. The SMILES string of the molecule is Cc1[se]c2ccc(Cl)cc2[n+]1CCCS(=O)(=O)O. The van der Waals surface area contributed by atoms with Crippen molar-refractivity contribution in [1.82, 2.24) is 0 Å². The molecule has 1 N–H and O–H groups in total. The van der Waals surface area contributed by atoms with E-state index < -0.39 is 10.1 Å². The average molecular weight is 354 g/mol. The van der Waals surface area contributed by atoms with Crippen molar-refractivity contribution < 1.29 is 17.5 Å². The van der Waals surface area contributed by atoms with Gasteiger partial charge >= 0.3 is 117 Å². The molecule has 4 nitrogen and oxygen atoms in total. The molecule has 1 heterocycles. The van der Waals surface area contributed by atoms with Crippen LogP contribution in [0.5, 0.6) is 0 Å². The van der Waals surface area contributed by atoms with Gasteiger partial charge in [-0.2, -0.15) is 0 Å². The normalized spacial score (nSPS) is 12.2. The van der Waals surface area contributed by atoms with Crippen molar-refractivity contribution in [2.75, 3.05) is 5.75 Å². The van der Waals surface area contributed by atoms with Gasteiger partial charge in [0.1, 0.15) is 0 Å². The van der Waals surface area contributed by atoms with E-state index in [-0.39, 0.29) is 20.3 Å². The van der Waals surface area contributed by atoms with Crippen LogP contribution in [-0.2, 0) is 16.7 Å². The van der Waals surface area contributed by atoms with Crippen molar-refractivity contribution in [3.8, 4) is 0 Å². The number of aromatic nitrogens is 1. The fourth-order valence-corrected chi connectivity index (χ4v) is 4.67. The number of aryl methyl sites for hydroxylation is 2. The van der Waals surface area contributed by atoms with Crippen LogP contribution in [0.1, 0.15) is 11.0 Å². The quantitative estimate of drug-likeness (QED) is 0.514. The second-order valence-corrected chi connectivity index (χ2v) is 8.62. The summed E-state index contributed by atoms with van der Waals surface area (Å²) in [6.07, 6.45) is 0.401. The molecule has 2 aromatic rings. The molecule has 18 heavy (non-hydrogen) atoms. The van der Waals surface area contributed by atoms with E-state index in [9.17, 15) is 8.42 Å². The first kappa shape index (κ1) is 14.0. The van der Waals surface area contributed by atoms with Crippen molar-refractivity contribution in [3.63, 3.8) is 0 Å². The standard InChI is InChI=1S/C11H12ClNO3SSe/c1-8-13(5-2-6-17(14,15)16)10-7-9(12)3-4-11(10)18-8/h3-4,7H,2,5-6H2,1H3/p+1. The second-order valence-electron chi connectivity index (χ2n) is 4.02. The molecule has 7 heteroatoms. The van der Waals surface area contributed by atoms with E-state index in [0.717, 1.165) is 5.52 Å². The Morgan fingerprint density at radius 2 is 2.17 bits per heavy atom. The van der Waals surface area contributed by atoms with Gasteiger partial charge in [-0.05, 0) is 0 Å². The number of hydrogen-bond acceptors (Lipinski definition) is 2. The molecule has 0 atom stereocenters. The van der Waals surface area contributed by atoms with Crippen molar-refractivity contribution in [2.24, 2.45) is 0 Å². The minimum atomic E-state index is -3.88. The summed E-state index contributed by atoms with van der Waals surface area (Å²) >= 11 is 6.25. The molecule has 98 valence electrons. The third-order valence-corrected chi connectivity index (χ3v) is 5.94. The number of hydrogen-bond donors (Lipinski definition) is 1. The number of rotatable bonds is 4. The number of halogens is 1. The van der Waals surface area contributed by atoms with Crippen LogP contribution < -0.4 is 4.57 Å². The van der Waals surface area contributed by atoms with Crippen molar-refractivity contribution >= 4 is 46.0 Å². The molecular formula is C11H13ClNO3SSe+. The van der Waals surface area contributed by atoms with E-state index in [4.69, 9.17) is 16.2 Å². The van der Waals surface area contributed by atoms with Gasteiger partial charge in [0.25, 0.3) is 0 Å². The minimum absolute atomic E-state index is 0.209. The van der Waals surface area contributed by atoms with Crippen LogP contribution in [0.3, 0.4) is 0 Å². The average Bonchev–Trinajstić information content (AvgIpc) is 2.54. The molecular weight excluding hydrogens is 341 g/mol. The monoisotopic (exact) mass is 354 g/mol. The molecule has 2 rings (SSSR count). The Bertz CT molecular complexity index is 681. The zero-order valence-electron chi connectivity index (χ0n) is 9.76. The van der Waals surface area contributed by atoms with Gasteiger partial charge < -0.3 is 0 Å². The first-order chi connectivity index (χ1) is 8.37. The van der Waals surface area contributed by atoms with E-state index in [0.29, 0.717) is 18.0 Å². The summed E-state index contributed by atoms with van der Waals surface area (Å²) in [6, 6.07) is 5.80. The fourth-order valence-electron chi connectivity index (χ4n) is 1.85. The van der Waals surface area contributed by atoms with Crippen LogP contribution in [0.15, 0.2) is 18.2 Å². The molecule has 0 bridgehead atoms. The van der Waals surface area contributed by atoms with E-state index in [1.165, 1.54) is 8.83 Å². The molecule has 1 aromatic heterocycles. The van der Waals surface area contributed by atoms with Gasteiger partial charge in [0.15, 0.2) is 0 Å². The predicted octanol–water partition coefficient (Wildman–Crippen LogP) is 1.42. The first-order valence-electron chi connectivity index (χ1n) is 5.40. The molecule has 0 spiro atoms. The van der Waals surface area contributed by atoms with E-state index in [1.54, 1.807) is 0 Å². The Labute approximate surface area is 117 Å². The number of benzene rings is 1. The van der Waals surface area contributed by atoms with Gasteiger partial charge in [0.2, 0.25) is 0 Å². The van der Waals surface area contributed by atoms with Crippen LogP contribution >= 0.6 is 11.6 Å². The summed E-state index contributed by atoms with van der Waals surface area (Å²) < 4.78 is 34.7. The molecule has 0 unspecified atom stereocenters. The Kier molecular flexibility index (Phi) is 4.14. The second kappa shape index (κ2) is 5.31. The van der Waals surface area contributed by atoms with Crippen molar-refractivity contribution in [3.05, 3.63) is 27.8 Å². The van der Waals surface area contributed by atoms with Gasteiger partial charge in [-0.1, -0.05) is 0 Å².